The number of unbranched alkanes of at least 4 members (excludes halogenated alkanes) is 1. The molecule has 0 aliphatic carbocycles. The molecule has 9 rings (SSSR count). The minimum Gasteiger partial charge on any atom is -0.370 e. The number of carbonyl (C=O) groups is 13. The van der Waals surface area contributed by atoms with Crippen LogP contribution in [-0.2, 0) is 88.0 Å². The highest BCUT2D eigenvalue weighted by Crippen LogP contribution is 2.33. The van der Waals surface area contributed by atoms with Crippen LogP contribution in [0, 0.1) is 5.92 Å². The summed E-state index contributed by atoms with van der Waals surface area (Å²) >= 11 is 0. The van der Waals surface area contributed by atoms with E-state index in [2.05, 4.69) is 41.9 Å². The fraction of sp³-hybridized carbons (Fsp3) is 0.487. The lowest BCUT2D eigenvalue weighted by molar-refractivity contribution is -0.148. The first-order valence-electron chi connectivity index (χ1n) is 38.0. The first kappa shape index (κ1) is 82.8. The molecule has 32 heteroatoms. The van der Waals surface area contributed by atoms with Gasteiger partial charge in [0.2, 0.25) is 76.8 Å². The molecule has 4 saturated heterocycles. The van der Waals surface area contributed by atoms with Gasteiger partial charge in [-0.25, -0.2) is 0 Å². The molecule has 12 atom stereocenters. The fourth-order valence-corrected chi connectivity index (χ4v) is 15.3. The highest BCUT2D eigenvalue weighted by atomic mass is 16.2. The van der Waals surface area contributed by atoms with Crippen LogP contribution >= 0.6 is 0 Å². The quantitative estimate of drug-likeness (QED) is 0.0128. The lowest BCUT2D eigenvalue weighted by Gasteiger charge is -2.34. The number of nitrogens with two attached hydrogens (primary N) is 7. The molecule has 0 spiro atoms. The third kappa shape index (κ3) is 22.7. The van der Waals surface area contributed by atoms with Gasteiger partial charge in [-0.15, -0.1) is 0 Å². The third-order valence-electron chi connectivity index (χ3n) is 21.0. The first-order valence-corrected chi connectivity index (χ1v) is 38.0. The van der Waals surface area contributed by atoms with E-state index >= 15 is 14.4 Å². The van der Waals surface area contributed by atoms with E-state index < -0.39 is 175 Å². The minimum absolute atomic E-state index is 0.0629. The van der Waals surface area contributed by atoms with Gasteiger partial charge in [-0.05, 0) is 137 Å². The van der Waals surface area contributed by atoms with Crippen LogP contribution in [0.25, 0.3) is 10.9 Å². The Balaban J connectivity index is 0.917. The lowest BCUT2D eigenvalue weighted by Crippen LogP contribution is -2.61. The molecule has 4 fully saturated rings. The number of benzene rings is 4. The topological polar surface area (TPSA) is 517 Å². The number of hydrogen-bond donors (Lipinski definition) is 14. The van der Waals surface area contributed by atoms with Gasteiger partial charge in [0, 0.05) is 81.9 Å². The number of primary amides is 3. The zero-order valence-corrected chi connectivity index (χ0v) is 61.9. The highest BCUT2D eigenvalue weighted by Gasteiger charge is 2.49. The van der Waals surface area contributed by atoms with E-state index in [4.69, 9.17) is 40.1 Å². The van der Waals surface area contributed by atoms with Crippen molar-refractivity contribution in [3.8, 4) is 0 Å². The predicted molar refractivity (Wildman–Crippen MR) is 409 cm³/mol. The van der Waals surface area contributed by atoms with Crippen molar-refractivity contribution >= 4 is 93.7 Å². The van der Waals surface area contributed by atoms with Crippen molar-refractivity contribution in [1.29, 1.82) is 0 Å². The zero-order chi connectivity index (χ0) is 79.0. The van der Waals surface area contributed by atoms with Crippen molar-refractivity contribution in [2.45, 2.75) is 195 Å². The normalized spacial score (nSPS) is 19.4. The molecule has 0 unspecified atom stereocenters. The smallest absolute Gasteiger partial charge is 0.246 e. The van der Waals surface area contributed by atoms with Crippen molar-refractivity contribution in [2.75, 3.05) is 39.3 Å². The van der Waals surface area contributed by atoms with E-state index in [0.29, 0.717) is 68.9 Å². The summed E-state index contributed by atoms with van der Waals surface area (Å²) in [5.74, 6) is -10.1. The second kappa shape index (κ2) is 40.2. The summed E-state index contributed by atoms with van der Waals surface area (Å²) in [6.45, 7) is 1.09. The van der Waals surface area contributed by atoms with Gasteiger partial charge >= 0.3 is 0 Å². The van der Waals surface area contributed by atoms with Gasteiger partial charge in [0.15, 0.2) is 5.96 Å². The number of carbonyl (C=O) groups excluding carboxylic acids is 13. The van der Waals surface area contributed by atoms with E-state index in [-0.39, 0.29) is 90.2 Å². The van der Waals surface area contributed by atoms with Crippen LogP contribution in [0.3, 0.4) is 0 Å². The van der Waals surface area contributed by atoms with E-state index in [9.17, 15) is 47.9 Å². The van der Waals surface area contributed by atoms with Gasteiger partial charge in [-0.1, -0.05) is 109 Å². The summed E-state index contributed by atoms with van der Waals surface area (Å²) in [4.78, 5) is 199. The first-order chi connectivity index (χ1) is 52.9. The molecule has 4 aromatic carbocycles. The molecule has 1 aromatic heterocycles. The summed E-state index contributed by atoms with van der Waals surface area (Å²) in [6.07, 6.45) is 4.09. The summed E-state index contributed by atoms with van der Waals surface area (Å²) < 4.78 is 0. The average Bonchev–Trinajstić information content (AvgIpc) is 1.63. The lowest BCUT2D eigenvalue weighted by atomic mass is 9.91. The summed E-state index contributed by atoms with van der Waals surface area (Å²) in [5.41, 5.74) is 43.9. The molecule has 32 nitrogen and oxygen atoms in total. The molecule has 5 aromatic rings. The Morgan fingerprint density at radius 1 is 0.455 bits per heavy atom. The zero-order valence-electron chi connectivity index (χ0n) is 61.9. The number of guanidine groups is 1. The Morgan fingerprint density at radius 3 is 1.51 bits per heavy atom. The number of para-hydroxylation sites is 1. The number of amides is 13. The van der Waals surface area contributed by atoms with Crippen molar-refractivity contribution in [2.24, 2.45) is 51.0 Å². The molecule has 110 heavy (non-hydrogen) atoms. The van der Waals surface area contributed by atoms with Gasteiger partial charge < -0.3 is 96.6 Å². The van der Waals surface area contributed by atoms with Crippen LogP contribution in [0.2, 0.25) is 0 Å². The van der Waals surface area contributed by atoms with E-state index in [1.807, 2.05) is 54.6 Å². The number of nitrogens with one attached hydrogen (secondary N) is 7. The molecule has 0 saturated carbocycles. The van der Waals surface area contributed by atoms with E-state index in [1.165, 1.54) is 19.6 Å². The Kier molecular flexibility index (Phi) is 30.3. The molecular weight excluding hydrogens is 1410 g/mol. The van der Waals surface area contributed by atoms with Crippen molar-refractivity contribution in [3.05, 3.63) is 144 Å². The number of nitrogens with zero attached hydrogens (tertiary/aromatic N) is 5. The number of aliphatic imine (C=N–C) groups is 1. The van der Waals surface area contributed by atoms with Crippen molar-refractivity contribution in [3.63, 3.8) is 0 Å². The Labute approximate surface area is 638 Å². The maximum absolute atomic E-state index is 15.5. The molecule has 590 valence electrons. The number of fused-ring (bicyclic) bond motifs is 1. The Bertz CT molecular complexity index is 4090. The predicted octanol–water partition coefficient (Wildman–Crippen LogP) is -0.936. The molecule has 13 amide bonds. The maximum atomic E-state index is 15.5. The van der Waals surface area contributed by atoms with Crippen molar-refractivity contribution < 1.29 is 62.3 Å². The maximum Gasteiger partial charge on any atom is 0.246 e. The van der Waals surface area contributed by atoms with E-state index in [1.54, 1.807) is 66.9 Å². The fourth-order valence-electron chi connectivity index (χ4n) is 15.3. The van der Waals surface area contributed by atoms with Crippen LogP contribution in [0.5, 0.6) is 0 Å². The van der Waals surface area contributed by atoms with Crippen LogP contribution in [0.4, 0.5) is 0 Å². The molecule has 21 N–H and O–H groups in total. The summed E-state index contributed by atoms with van der Waals surface area (Å²) in [5, 5.41) is 17.5. The van der Waals surface area contributed by atoms with Gasteiger partial charge in [-0.3, -0.25) is 67.3 Å². The molecule has 4 aliphatic heterocycles. The summed E-state index contributed by atoms with van der Waals surface area (Å²) in [7, 11) is 0. The number of aromatic nitrogens is 1. The largest absolute Gasteiger partial charge is 0.370 e. The number of H-pyrrole nitrogens is 1. The SMILES string of the molecule is NCCCC[C@H](NC(=O)[C@@H]1CCCN1C(=O)[C@@H](N)CCCN=C(N)N)C(=O)N1CCC[C@H]1C(=O)N[C@@H](CCC(N)=O)C(=O)N[C@@H](CCC(N)=O)C(=O)N[C@@H](Cc1ccccc1)C(=O)N[C@@H](Cc1ccccc1)C(=O)N1CCC[C@@H]1C(=O)N1CC[C@H](Cc2ccccc2)[C@H]1C(=O)N[C@@H](Cc1c[nH]c2ccccc12)C(N)=O. The highest BCUT2D eigenvalue weighted by molar-refractivity contribution is 6.00. The third-order valence-corrected chi connectivity index (χ3v) is 21.0. The average molecular weight is 1520 g/mol. The van der Waals surface area contributed by atoms with Gasteiger partial charge in [0.25, 0.3) is 0 Å². The molecule has 0 radical (unpaired) electrons. The molecule has 5 heterocycles. The van der Waals surface area contributed by atoms with Crippen molar-refractivity contribution in [1.82, 2.24) is 56.5 Å². The molecule has 0 bridgehead atoms. The van der Waals surface area contributed by atoms with Crippen LogP contribution < -0.4 is 72.0 Å². The standard InChI is InChI=1S/C78H105N19O13/c79-36-13-12-27-57(90-72(105)61-28-15-38-94(61)74(107)53(80)25-14-37-86-78(84)85)75(108)95-39-16-29-62(95)71(104)89-56(32-34-65(82)99)68(101)88-55(31-33-64(81)98)69(102)92-59(43-48-20-6-2-7-21-48)70(103)93-60(44-49-22-8-3-9-23-49)76(109)96-40-17-30-63(96)77(110)97-41-35-50(42-47-18-4-1-5-19-47)66(97)73(106)91-58(67(83)100)45-51-46-87-54-26-11-10-24-52(51)54/h1-11,18-24,26,46,50,53,55-63,66,87H,12-17,25,27-45,79-80H2,(H2,81,98)(H2,82,99)(H2,83,100)(H,88,101)(H,89,104)(H,90,105)(H,91,106)(H,92,102)(H,93,103)(H4,84,85,86)/t50-,53+,55+,56+,57+,58+,59+,60+,61+,62+,63-,66+/m1/s1. The Hall–Kier alpha value is -11.3. The van der Waals surface area contributed by atoms with Crippen LogP contribution in [0.15, 0.2) is 126 Å². The van der Waals surface area contributed by atoms with Gasteiger partial charge in [0.05, 0.1) is 6.04 Å². The number of rotatable bonds is 39. The number of aromatic amines is 1. The second-order valence-corrected chi connectivity index (χ2v) is 28.8. The molecule has 4 aliphatic rings. The summed E-state index contributed by atoms with van der Waals surface area (Å²) in [6, 6.07) is 20.6. The monoisotopic (exact) mass is 1520 g/mol. The van der Waals surface area contributed by atoms with Gasteiger partial charge in [0.1, 0.15) is 60.4 Å². The van der Waals surface area contributed by atoms with Crippen LogP contribution in [0.1, 0.15) is 125 Å². The minimum atomic E-state index is -1.66. The number of hydrogen-bond acceptors (Lipinski definition) is 16. The molecular formula is C78H105N19O13. The second-order valence-electron chi connectivity index (χ2n) is 28.8. The van der Waals surface area contributed by atoms with Gasteiger partial charge in [-0.2, -0.15) is 0 Å². The Morgan fingerprint density at radius 2 is 0.936 bits per heavy atom. The number of likely N-dealkylation sites (tertiary alicyclic amines) is 4. The van der Waals surface area contributed by atoms with E-state index in [0.717, 1.165) is 22.0 Å². The van der Waals surface area contributed by atoms with Crippen LogP contribution in [-0.4, -0.2) is 213 Å².